The summed E-state index contributed by atoms with van der Waals surface area (Å²) < 4.78 is 58.2. The normalized spacial score (nSPS) is 15.3. The molecule has 11 heteroatoms. The van der Waals surface area contributed by atoms with Crippen molar-refractivity contribution in [1.82, 2.24) is 20.3 Å². The highest BCUT2D eigenvalue weighted by Crippen LogP contribution is 2.31. The van der Waals surface area contributed by atoms with Gasteiger partial charge in [0.2, 0.25) is 0 Å². The van der Waals surface area contributed by atoms with Gasteiger partial charge in [0.15, 0.2) is 11.6 Å². The zero-order valence-electron chi connectivity index (χ0n) is 18.4. The molecule has 1 aliphatic rings. The highest BCUT2D eigenvalue weighted by molar-refractivity contribution is 5.59. The quantitative estimate of drug-likeness (QED) is 0.488. The van der Waals surface area contributed by atoms with E-state index in [0.29, 0.717) is 50.0 Å². The Morgan fingerprint density at radius 2 is 1.85 bits per heavy atom. The molecule has 2 aromatic heterocycles. The molecule has 34 heavy (non-hydrogen) atoms. The van der Waals surface area contributed by atoms with Gasteiger partial charge in [-0.1, -0.05) is 6.07 Å². The van der Waals surface area contributed by atoms with Crippen LogP contribution >= 0.6 is 0 Å². The number of aromatic nitrogens is 3. The van der Waals surface area contributed by atoms with E-state index in [0.717, 1.165) is 17.8 Å². The van der Waals surface area contributed by atoms with Gasteiger partial charge in [0.1, 0.15) is 5.82 Å². The molecular formula is C23H24F4N6O. The summed E-state index contributed by atoms with van der Waals surface area (Å²) in [5.41, 5.74) is 0.886. The fourth-order valence-corrected chi connectivity index (χ4v) is 3.50. The molecule has 7 nitrogen and oxygen atoms in total. The number of rotatable bonds is 7. The average Bonchev–Trinajstić information content (AvgIpc) is 2.84. The summed E-state index contributed by atoms with van der Waals surface area (Å²) in [7, 11) is 0. The number of morpholine rings is 1. The average molecular weight is 476 g/mol. The maximum atomic E-state index is 14.2. The first-order valence-electron chi connectivity index (χ1n) is 10.8. The summed E-state index contributed by atoms with van der Waals surface area (Å²) in [5.74, 6) is 0.257. The third kappa shape index (κ3) is 5.97. The highest BCUT2D eigenvalue weighted by atomic mass is 19.4. The fraction of sp³-hybridized carbons (Fsp3) is 0.348. The van der Waals surface area contributed by atoms with Crippen molar-refractivity contribution in [3.63, 3.8) is 0 Å². The van der Waals surface area contributed by atoms with E-state index in [1.165, 1.54) is 12.3 Å². The number of ether oxygens (including phenoxy) is 1. The molecule has 0 aliphatic carbocycles. The first-order valence-corrected chi connectivity index (χ1v) is 10.8. The monoisotopic (exact) mass is 476 g/mol. The number of hydrogen-bond acceptors (Lipinski definition) is 7. The van der Waals surface area contributed by atoms with Crippen molar-refractivity contribution in [2.24, 2.45) is 0 Å². The van der Waals surface area contributed by atoms with Crippen LogP contribution in [0.3, 0.4) is 0 Å². The SMILES string of the molecule is CC(NCc1ncc(F)c(N2CCOCC2)n1)c1ccc(Nc2cccc(C(F)(F)F)c2)cn1. The van der Waals surface area contributed by atoms with Crippen LogP contribution < -0.4 is 15.5 Å². The van der Waals surface area contributed by atoms with Crippen molar-refractivity contribution in [2.45, 2.75) is 25.7 Å². The number of pyridine rings is 1. The molecule has 0 spiro atoms. The summed E-state index contributed by atoms with van der Waals surface area (Å²) in [6.45, 7) is 4.42. The number of nitrogens with zero attached hydrogens (tertiary/aromatic N) is 4. The van der Waals surface area contributed by atoms with Gasteiger partial charge in [-0.3, -0.25) is 4.98 Å². The van der Waals surface area contributed by atoms with Crippen LogP contribution in [0.1, 0.15) is 30.0 Å². The van der Waals surface area contributed by atoms with Crippen LogP contribution in [-0.2, 0) is 17.5 Å². The topological polar surface area (TPSA) is 75.2 Å². The molecule has 1 aliphatic heterocycles. The Balaban J connectivity index is 1.36. The highest BCUT2D eigenvalue weighted by Gasteiger charge is 2.30. The number of nitrogens with one attached hydrogen (secondary N) is 2. The summed E-state index contributed by atoms with van der Waals surface area (Å²) in [4.78, 5) is 14.7. The Morgan fingerprint density at radius 1 is 1.06 bits per heavy atom. The Labute approximate surface area is 194 Å². The zero-order chi connectivity index (χ0) is 24.1. The third-order valence-electron chi connectivity index (χ3n) is 5.36. The molecule has 180 valence electrons. The van der Waals surface area contributed by atoms with Crippen molar-refractivity contribution in [2.75, 3.05) is 36.5 Å². The van der Waals surface area contributed by atoms with Gasteiger partial charge in [0.05, 0.1) is 49.1 Å². The van der Waals surface area contributed by atoms with Gasteiger partial charge in [-0.05, 0) is 37.3 Å². The Bertz CT molecular complexity index is 1100. The maximum Gasteiger partial charge on any atom is 0.416 e. The predicted molar refractivity (Wildman–Crippen MR) is 119 cm³/mol. The van der Waals surface area contributed by atoms with E-state index in [9.17, 15) is 17.6 Å². The number of anilines is 3. The largest absolute Gasteiger partial charge is 0.416 e. The number of benzene rings is 1. The van der Waals surface area contributed by atoms with Crippen LogP contribution in [0.15, 0.2) is 48.8 Å². The lowest BCUT2D eigenvalue weighted by atomic mass is 10.2. The summed E-state index contributed by atoms with van der Waals surface area (Å²) >= 11 is 0. The van der Waals surface area contributed by atoms with Crippen molar-refractivity contribution in [3.05, 3.63) is 71.7 Å². The Hall–Kier alpha value is -3.31. The number of halogens is 4. The first kappa shape index (κ1) is 23.8. The van der Waals surface area contributed by atoms with Crippen molar-refractivity contribution < 1.29 is 22.3 Å². The molecule has 0 amide bonds. The minimum Gasteiger partial charge on any atom is -0.378 e. The third-order valence-corrected chi connectivity index (χ3v) is 5.36. The van der Waals surface area contributed by atoms with Crippen LogP contribution in [0.2, 0.25) is 0 Å². The molecule has 1 unspecified atom stereocenters. The zero-order valence-corrected chi connectivity index (χ0v) is 18.4. The smallest absolute Gasteiger partial charge is 0.378 e. The van der Waals surface area contributed by atoms with Crippen LogP contribution in [0.4, 0.5) is 34.8 Å². The summed E-state index contributed by atoms with van der Waals surface area (Å²) in [6.07, 6.45) is -1.68. The van der Waals surface area contributed by atoms with Gasteiger partial charge >= 0.3 is 6.18 Å². The number of hydrogen-bond donors (Lipinski definition) is 2. The fourth-order valence-electron chi connectivity index (χ4n) is 3.50. The summed E-state index contributed by atoms with van der Waals surface area (Å²) in [5, 5.41) is 6.19. The van der Waals surface area contributed by atoms with Gasteiger partial charge in [-0.25, -0.2) is 14.4 Å². The van der Waals surface area contributed by atoms with E-state index >= 15 is 0 Å². The van der Waals surface area contributed by atoms with Crippen LogP contribution in [0.5, 0.6) is 0 Å². The molecule has 4 rings (SSSR count). The van der Waals surface area contributed by atoms with Gasteiger partial charge < -0.3 is 20.3 Å². The first-order chi connectivity index (χ1) is 16.3. The van der Waals surface area contributed by atoms with E-state index in [2.05, 4.69) is 25.6 Å². The molecule has 1 fully saturated rings. The van der Waals surface area contributed by atoms with Crippen molar-refractivity contribution >= 4 is 17.2 Å². The van der Waals surface area contributed by atoms with E-state index in [-0.39, 0.29) is 11.9 Å². The molecule has 0 radical (unpaired) electrons. The molecule has 3 aromatic rings. The van der Waals surface area contributed by atoms with E-state index in [1.807, 2.05) is 11.8 Å². The van der Waals surface area contributed by atoms with E-state index < -0.39 is 17.6 Å². The molecule has 1 saturated heterocycles. The van der Waals surface area contributed by atoms with Crippen molar-refractivity contribution in [1.29, 1.82) is 0 Å². The lowest BCUT2D eigenvalue weighted by Crippen LogP contribution is -2.37. The second-order valence-corrected chi connectivity index (χ2v) is 7.84. The molecular weight excluding hydrogens is 452 g/mol. The van der Waals surface area contributed by atoms with Gasteiger partial charge in [-0.15, -0.1) is 0 Å². The maximum absolute atomic E-state index is 14.2. The molecule has 2 N–H and O–H groups in total. The molecule has 0 bridgehead atoms. The second-order valence-electron chi connectivity index (χ2n) is 7.84. The standard InChI is InChI=1S/C23H24F4N6O/c1-15(28-14-21-30-13-19(24)22(32-21)33-7-9-34-10-8-33)20-6-5-18(12-29-20)31-17-4-2-3-16(11-17)23(25,26)27/h2-6,11-13,15,28,31H,7-10,14H2,1H3. The summed E-state index contributed by atoms with van der Waals surface area (Å²) in [6, 6.07) is 8.33. The molecule has 1 atom stereocenters. The lowest BCUT2D eigenvalue weighted by molar-refractivity contribution is -0.137. The van der Waals surface area contributed by atoms with Crippen molar-refractivity contribution in [3.8, 4) is 0 Å². The molecule has 1 aromatic carbocycles. The molecule has 3 heterocycles. The predicted octanol–water partition coefficient (Wildman–Crippen LogP) is 4.46. The lowest BCUT2D eigenvalue weighted by Gasteiger charge is -2.28. The van der Waals surface area contributed by atoms with Gasteiger partial charge in [0.25, 0.3) is 0 Å². The Kier molecular flexibility index (Phi) is 7.23. The molecule has 0 saturated carbocycles. The van der Waals surface area contributed by atoms with Crippen LogP contribution in [0.25, 0.3) is 0 Å². The van der Waals surface area contributed by atoms with Gasteiger partial charge in [0, 0.05) is 24.8 Å². The Morgan fingerprint density at radius 3 is 2.56 bits per heavy atom. The van der Waals surface area contributed by atoms with Gasteiger partial charge in [-0.2, -0.15) is 13.2 Å². The van der Waals surface area contributed by atoms with Crippen LogP contribution in [-0.4, -0.2) is 41.3 Å². The minimum absolute atomic E-state index is 0.164. The van der Waals surface area contributed by atoms with E-state index in [4.69, 9.17) is 4.74 Å². The number of alkyl halides is 3. The second kappa shape index (κ2) is 10.3. The van der Waals surface area contributed by atoms with E-state index in [1.54, 1.807) is 24.4 Å². The van der Waals surface area contributed by atoms with Crippen LogP contribution in [0, 0.1) is 5.82 Å². The minimum atomic E-state index is -4.40.